The third-order valence-electron chi connectivity index (χ3n) is 3.02. The molecule has 1 nitrogen and oxygen atoms in total. The second-order valence-electron chi connectivity index (χ2n) is 4.25. The van der Waals surface area contributed by atoms with Crippen LogP contribution in [0.2, 0.25) is 0 Å². The maximum atomic E-state index is 13.2. The third kappa shape index (κ3) is 2.49. The number of hydrogen-bond acceptors (Lipinski definition) is 1. The van der Waals surface area contributed by atoms with Crippen molar-refractivity contribution in [3.63, 3.8) is 0 Å². The van der Waals surface area contributed by atoms with E-state index in [1.807, 2.05) is 30.1 Å². The molecule has 0 N–H and O–H groups in total. The average Bonchev–Trinajstić information content (AvgIpc) is 2.38. The second kappa shape index (κ2) is 5.40. The van der Waals surface area contributed by atoms with Crippen LogP contribution >= 0.6 is 11.6 Å². The fourth-order valence-corrected chi connectivity index (χ4v) is 2.27. The quantitative estimate of drug-likeness (QED) is 0.729. The van der Waals surface area contributed by atoms with Crippen LogP contribution in [0.1, 0.15) is 11.1 Å². The molecule has 2 rings (SSSR count). The number of benzene rings is 2. The lowest BCUT2D eigenvalue weighted by Gasteiger charge is -2.23. The van der Waals surface area contributed by atoms with E-state index < -0.39 is 0 Å². The van der Waals surface area contributed by atoms with Gasteiger partial charge >= 0.3 is 0 Å². The van der Waals surface area contributed by atoms with Crippen LogP contribution in [-0.4, -0.2) is 7.05 Å². The van der Waals surface area contributed by atoms with Crippen LogP contribution in [0.15, 0.2) is 42.5 Å². The first-order chi connectivity index (χ1) is 8.63. The van der Waals surface area contributed by atoms with Gasteiger partial charge in [0.25, 0.3) is 0 Å². The number of halogens is 2. The Kier molecular flexibility index (Phi) is 3.87. The molecule has 0 unspecified atom stereocenters. The fraction of sp³-hybridized carbons (Fsp3) is 0.200. The minimum absolute atomic E-state index is 0.257. The third-order valence-corrected chi connectivity index (χ3v) is 3.31. The van der Waals surface area contributed by atoms with Gasteiger partial charge in [0, 0.05) is 24.3 Å². The molecule has 2 aromatic carbocycles. The standard InChI is InChI=1S/C15H15ClFN/c1-11-5-3-4-6-14(11)18(2)15-8-7-13(17)9-12(15)10-16/h3-9H,10H2,1-2H3. The van der Waals surface area contributed by atoms with Crippen molar-refractivity contribution in [1.82, 2.24) is 0 Å². The van der Waals surface area contributed by atoms with E-state index in [1.54, 1.807) is 6.07 Å². The van der Waals surface area contributed by atoms with Gasteiger partial charge in [-0.05, 0) is 42.3 Å². The van der Waals surface area contributed by atoms with Crippen molar-refractivity contribution in [3.8, 4) is 0 Å². The predicted octanol–water partition coefficient (Wildman–Crippen LogP) is 4.64. The number of aryl methyl sites for hydroxylation is 1. The highest BCUT2D eigenvalue weighted by Gasteiger charge is 2.11. The second-order valence-corrected chi connectivity index (χ2v) is 4.52. The van der Waals surface area contributed by atoms with Gasteiger partial charge in [-0.2, -0.15) is 0 Å². The topological polar surface area (TPSA) is 3.24 Å². The molecule has 0 fully saturated rings. The molecule has 0 bridgehead atoms. The zero-order chi connectivity index (χ0) is 13.1. The van der Waals surface area contributed by atoms with Crippen LogP contribution in [0, 0.1) is 12.7 Å². The lowest BCUT2D eigenvalue weighted by atomic mass is 10.1. The molecule has 0 radical (unpaired) electrons. The SMILES string of the molecule is Cc1ccccc1N(C)c1ccc(F)cc1CCl. The molecule has 2 aromatic rings. The molecule has 0 amide bonds. The van der Waals surface area contributed by atoms with E-state index in [0.29, 0.717) is 5.88 Å². The molecule has 0 saturated carbocycles. The number of anilines is 2. The molecule has 0 heterocycles. The number of nitrogens with zero attached hydrogens (tertiary/aromatic N) is 1. The zero-order valence-corrected chi connectivity index (χ0v) is 11.2. The molecule has 0 aliphatic carbocycles. The Morgan fingerprint density at radius 2 is 1.83 bits per heavy atom. The molecular formula is C15H15ClFN. The molecular weight excluding hydrogens is 249 g/mol. The largest absolute Gasteiger partial charge is 0.344 e. The summed E-state index contributed by atoms with van der Waals surface area (Å²) >= 11 is 5.88. The van der Waals surface area contributed by atoms with Crippen molar-refractivity contribution in [1.29, 1.82) is 0 Å². The van der Waals surface area contributed by atoms with Crippen LogP contribution in [0.5, 0.6) is 0 Å². The normalized spacial score (nSPS) is 10.4. The Labute approximate surface area is 112 Å². The number of para-hydroxylation sites is 1. The minimum Gasteiger partial charge on any atom is -0.344 e. The Hall–Kier alpha value is -1.54. The molecule has 0 spiro atoms. The smallest absolute Gasteiger partial charge is 0.123 e. The Morgan fingerprint density at radius 1 is 1.11 bits per heavy atom. The Balaban J connectivity index is 2.46. The maximum Gasteiger partial charge on any atom is 0.123 e. The highest BCUT2D eigenvalue weighted by molar-refractivity contribution is 6.17. The molecule has 3 heteroatoms. The predicted molar refractivity (Wildman–Crippen MR) is 75.2 cm³/mol. The van der Waals surface area contributed by atoms with Gasteiger partial charge in [0.2, 0.25) is 0 Å². The lowest BCUT2D eigenvalue weighted by Crippen LogP contribution is -2.12. The summed E-state index contributed by atoms with van der Waals surface area (Å²) in [4.78, 5) is 2.03. The van der Waals surface area contributed by atoms with Crippen molar-refractivity contribution in [2.45, 2.75) is 12.8 Å². The Bertz CT molecular complexity index is 554. The highest BCUT2D eigenvalue weighted by Crippen LogP contribution is 2.30. The summed E-state index contributed by atoms with van der Waals surface area (Å²) in [6.45, 7) is 2.05. The van der Waals surface area contributed by atoms with Gasteiger partial charge < -0.3 is 4.90 Å². The van der Waals surface area contributed by atoms with E-state index in [9.17, 15) is 4.39 Å². The van der Waals surface area contributed by atoms with E-state index >= 15 is 0 Å². The summed E-state index contributed by atoms with van der Waals surface area (Å²) in [6, 6.07) is 12.8. The molecule has 18 heavy (non-hydrogen) atoms. The zero-order valence-electron chi connectivity index (χ0n) is 10.5. The van der Waals surface area contributed by atoms with E-state index in [1.165, 1.54) is 17.7 Å². The van der Waals surface area contributed by atoms with Crippen LogP contribution in [-0.2, 0) is 5.88 Å². The van der Waals surface area contributed by atoms with E-state index in [0.717, 1.165) is 16.9 Å². The summed E-state index contributed by atoms with van der Waals surface area (Å²) in [5, 5.41) is 0. The van der Waals surface area contributed by atoms with Crippen molar-refractivity contribution in [3.05, 3.63) is 59.4 Å². The van der Waals surface area contributed by atoms with Crippen molar-refractivity contribution in [2.75, 3.05) is 11.9 Å². The summed E-state index contributed by atoms with van der Waals surface area (Å²) in [5.74, 6) is 0.0381. The van der Waals surface area contributed by atoms with Gasteiger partial charge in [-0.3, -0.25) is 0 Å². The van der Waals surface area contributed by atoms with Crippen molar-refractivity contribution in [2.24, 2.45) is 0 Å². The van der Waals surface area contributed by atoms with E-state index in [-0.39, 0.29) is 5.82 Å². The highest BCUT2D eigenvalue weighted by atomic mass is 35.5. The van der Waals surface area contributed by atoms with Crippen LogP contribution in [0.3, 0.4) is 0 Å². The van der Waals surface area contributed by atoms with Crippen LogP contribution in [0.4, 0.5) is 15.8 Å². The van der Waals surface area contributed by atoms with Crippen molar-refractivity contribution >= 4 is 23.0 Å². The number of rotatable bonds is 3. The number of hydrogen-bond donors (Lipinski definition) is 0. The van der Waals surface area contributed by atoms with E-state index in [4.69, 9.17) is 11.6 Å². The first kappa shape index (κ1) is 12.9. The molecule has 0 atom stereocenters. The summed E-state index contributed by atoms with van der Waals surface area (Å²) in [5.41, 5.74) is 3.99. The lowest BCUT2D eigenvalue weighted by molar-refractivity contribution is 0.626. The molecule has 0 aliphatic rings. The maximum absolute atomic E-state index is 13.2. The van der Waals surface area contributed by atoms with Crippen molar-refractivity contribution < 1.29 is 4.39 Å². The summed E-state index contributed by atoms with van der Waals surface area (Å²) in [6.07, 6.45) is 0. The fourth-order valence-electron chi connectivity index (χ4n) is 2.06. The van der Waals surface area contributed by atoms with Gasteiger partial charge in [-0.25, -0.2) is 4.39 Å². The van der Waals surface area contributed by atoms with Gasteiger partial charge in [-0.15, -0.1) is 11.6 Å². The molecule has 94 valence electrons. The summed E-state index contributed by atoms with van der Waals surface area (Å²) in [7, 11) is 1.96. The molecule has 0 aromatic heterocycles. The van der Waals surface area contributed by atoms with Crippen LogP contribution in [0.25, 0.3) is 0 Å². The van der Waals surface area contributed by atoms with E-state index in [2.05, 4.69) is 13.0 Å². The van der Waals surface area contributed by atoms with Gasteiger partial charge in [0.15, 0.2) is 0 Å². The molecule has 0 saturated heterocycles. The first-order valence-electron chi connectivity index (χ1n) is 5.77. The van der Waals surface area contributed by atoms with Crippen LogP contribution < -0.4 is 4.90 Å². The van der Waals surface area contributed by atoms with Gasteiger partial charge in [0.05, 0.1) is 0 Å². The number of alkyl halides is 1. The van der Waals surface area contributed by atoms with Gasteiger partial charge in [-0.1, -0.05) is 18.2 Å². The minimum atomic E-state index is -0.257. The Morgan fingerprint density at radius 3 is 2.50 bits per heavy atom. The average molecular weight is 264 g/mol. The first-order valence-corrected chi connectivity index (χ1v) is 6.30. The summed E-state index contributed by atoms with van der Waals surface area (Å²) < 4.78 is 13.2. The van der Waals surface area contributed by atoms with Gasteiger partial charge in [0.1, 0.15) is 5.82 Å². The monoisotopic (exact) mass is 263 g/mol. The molecule has 0 aliphatic heterocycles.